The lowest BCUT2D eigenvalue weighted by molar-refractivity contribution is 1.08. The Morgan fingerprint density at radius 2 is 2.43 bits per heavy atom. The molecule has 0 fully saturated rings. The summed E-state index contributed by atoms with van der Waals surface area (Å²) < 4.78 is 4.88. The Bertz CT molecular complexity index is 145. The molecule has 0 saturated heterocycles. The Morgan fingerprint density at radius 1 is 1.71 bits per heavy atom. The van der Waals surface area contributed by atoms with Gasteiger partial charge in [-0.1, -0.05) is 4.49 Å². The maximum absolute atomic E-state index is 3.78. The summed E-state index contributed by atoms with van der Waals surface area (Å²) in [5.41, 5.74) is 1.03. The zero-order valence-corrected chi connectivity index (χ0v) is 6.65. The van der Waals surface area contributed by atoms with E-state index in [1.54, 1.807) is 0 Å². The van der Waals surface area contributed by atoms with Crippen LogP contribution in [0, 0.1) is 9.81 Å². The highest BCUT2D eigenvalue weighted by molar-refractivity contribution is 14.1. The summed E-state index contributed by atoms with van der Waals surface area (Å²) in [6.45, 7) is 1.95. The first-order chi connectivity index (χ1) is 3.30. The van der Waals surface area contributed by atoms with E-state index in [2.05, 4.69) is 32.2 Å². The summed E-state index contributed by atoms with van der Waals surface area (Å²) in [7, 11) is 0. The van der Waals surface area contributed by atoms with Crippen LogP contribution in [-0.4, -0.2) is 9.59 Å². The molecule has 0 aliphatic carbocycles. The summed E-state index contributed by atoms with van der Waals surface area (Å²) in [6, 6.07) is 0. The minimum Gasteiger partial charge on any atom is -0.142 e. The van der Waals surface area contributed by atoms with Gasteiger partial charge in [0.1, 0.15) is 2.88 Å². The average molecular weight is 226 g/mol. The lowest BCUT2D eigenvalue weighted by Crippen LogP contribution is -1.69. The second-order valence-electron chi connectivity index (χ2n) is 1.13. The first-order valence-electron chi connectivity index (χ1n) is 1.75. The van der Waals surface area contributed by atoms with Crippen molar-refractivity contribution < 1.29 is 0 Å². The number of halogens is 1. The monoisotopic (exact) mass is 226 g/mol. The molecule has 0 radical (unpaired) electrons. The minimum absolute atomic E-state index is 1.03. The SMILES string of the molecule is Cc1nnsc1I. The molecule has 0 aliphatic rings. The van der Waals surface area contributed by atoms with Crippen molar-refractivity contribution in [1.82, 2.24) is 9.59 Å². The first kappa shape index (κ1) is 5.43. The average Bonchev–Trinajstić information content (AvgIpc) is 1.91. The summed E-state index contributed by atoms with van der Waals surface area (Å²) in [5, 5.41) is 3.78. The van der Waals surface area contributed by atoms with Crippen molar-refractivity contribution in [1.29, 1.82) is 0 Å². The fraction of sp³-hybridized carbons (Fsp3) is 0.333. The van der Waals surface area contributed by atoms with Gasteiger partial charge in [0, 0.05) is 0 Å². The molecule has 0 bridgehead atoms. The van der Waals surface area contributed by atoms with Crippen LogP contribution < -0.4 is 0 Å². The third kappa shape index (κ3) is 1.09. The highest BCUT2D eigenvalue weighted by Gasteiger charge is 1.93. The predicted octanol–water partition coefficient (Wildman–Crippen LogP) is 1.45. The maximum atomic E-state index is 3.78. The van der Waals surface area contributed by atoms with Crippen LogP contribution in [0.25, 0.3) is 0 Å². The van der Waals surface area contributed by atoms with Crippen LogP contribution >= 0.6 is 34.1 Å². The lowest BCUT2D eigenvalue weighted by atomic mass is 10.6. The molecule has 1 aromatic heterocycles. The molecule has 0 amide bonds. The van der Waals surface area contributed by atoms with Crippen molar-refractivity contribution in [3.63, 3.8) is 0 Å². The zero-order valence-electron chi connectivity index (χ0n) is 3.68. The van der Waals surface area contributed by atoms with Gasteiger partial charge in [-0.15, -0.1) is 5.10 Å². The quantitative estimate of drug-likeness (QED) is 0.625. The Hall–Kier alpha value is 0.290. The molecule has 1 rings (SSSR count). The fourth-order valence-electron chi connectivity index (χ4n) is 0.223. The largest absolute Gasteiger partial charge is 0.142 e. The Morgan fingerprint density at radius 3 is 2.57 bits per heavy atom. The summed E-state index contributed by atoms with van der Waals surface area (Å²) in [4.78, 5) is 0. The van der Waals surface area contributed by atoms with E-state index in [1.807, 2.05) is 6.92 Å². The number of hydrogen-bond acceptors (Lipinski definition) is 3. The molecular formula is C3H3IN2S. The van der Waals surface area contributed by atoms with Gasteiger partial charge in [0.05, 0.1) is 5.69 Å². The van der Waals surface area contributed by atoms with Crippen molar-refractivity contribution in [3.8, 4) is 0 Å². The van der Waals surface area contributed by atoms with Crippen LogP contribution in [0.1, 0.15) is 5.69 Å². The number of aromatic nitrogens is 2. The Labute approximate surface area is 59.2 Å². The van der Waals surface area contributed by atoms with Crippen LogP contribution in [0.15, 0.2) is 0 Å². The number of nitrogens with zero attached hydrogens (tertiary/aromatic N) is 2. The van der Waals surface area contributed by atoms with Gasteiger partial charge in [-0.05, 0) is 41.0 Å². The molecule has 0 aromatic carbocycles. The van der Waals surface area contributed by atoms with E-state index < -0.39 is 0 Å². The standard InChI is InChI=1S/C3H3IN2S/c1-2-3(4)7-6-5-2/h1H3. The van der Waals surface area contributed by atoms with Gasteiger partial charge in [0.25, 0.3) is 0 Å². The molecule has 4 heteroatoms. The van der Waals surface area contributed by atoms with E-state index in [0.717, 1.165) is 5.69 Å². The highest BCUT2D eigenvalue weighted by atomic mass is 127. The van der Waals surface area contributed by atoms with Crippen molar-refractivity contribution >= 4 is 34.1 Å². The number of hydrogen-bond donors (Lipinski definition) is 0. The van der Waals surface area contributed by atoms with E-state index >= 15 is 0 Å². The van der Waals surface area contributed by atoms with Gasteiger partial charge in [-0.25, -0.2) is 0 Å². The Kier molecular flexibility index (Phi) is 1.58. The van der Waals surface area contributed by atoms with E-state index in [9.17, 15) is 0 Å². The predicted molar refractivity (Wildman–Crippen MR) is 37.4 cm³/mol. The van der Waals surface area contributed by atoms with Gasteiger partial charge >= 0.3 is 0 Å². The molecule has 1 heterocycles. The van der Waals surface area contributed by atoms with E-state index in [-0.39, 0.29) is 0 Å². The molecule has 0 spiro atoms. The van der Waals surface area contributed by atoms with Crippen molar-refractivity contribution in [3.05, 3.63) is 8.58 Å². The second kappa shape index (κ2) is 2.04. The van der Waals surface area contributed by atoms with Gasteiger partial charge in [0.15, 0.2) is 0 Å². The number of aryl methyl sites for hydroxylation is 1. The topological polar surface area (TPSA) is 25.8 Å². The van der Waals surface area contributed by atoms with Gasteiger partial charge in [-0.3, -0.25) is 0 Å². The second-order valence-corrected chi connectivity index (χ2v) is 3.70. The summed E-state index contributed by atoms with van der Waals surface area (Å²) in [5.74, 6) is 0. The molecule has 7 heavy (non-hydrogen) atoms. The third-order valence-corrected chi connectivity index (χ3v) is 2.59. The molecule has 0 unspecified atom stereocenters. The van der Waals surface area contributed by atoms with Gasteiger partial charge in [-0.2, -0.15) is 0 Å². The lowest BCUT2D eigenvalue weighted by Gasteiger charge is -1.72. The highest BCUT2D eigenvalue weighted by Crippen LogP contribution is 2.10. The molecule has 0 aliphatic heterocycles. The van der Waals surface area contributed by atoms with E-state index in [0.29, 0.717) is 0 Å². The minimum atomic E-state index is 1.03. The third-order valence-electron chi connectivity index (χ3n) is 0.596. The fourth-order valence-corrected chi connectivity index (χ4v) is 1.00. The smallest absolute Gasteiger partial charge is 0.109 e. The molecule has 2 nitrogen and oxygen atoms in total. The normalized spacial score (nSPS) is 9.43. The summed E-state index contributed by atoms with van der Waals surface area (Å²) in [6.07, 6.45) is 0. The van der Waals surface area contributed by atoms with Crippen LogP contribution in [-0.2, 0) is 0 Å². The van der Waals surface area contributed by atoms with Crippen LogP contribution in [0.2, 0.25) is 0 Å². The van der Waals surface area contributed by atoms with E-state index in [1.165, 1.54) is 14.4 Å². The van der Waals surface area contributed by atoms with Gasteiger partial charge in [0.2, 0.25) is 0 Å². The molecule has 1 aromatic rings. The molecule has 0 saturated carbocycles. The maximum Gasteiger partial charge on any atom is 0.109 e. The zero-order chi connectivity index (χ0) is 5.28. The van der Waals surface area contributed by atoms with E-state index in [4.69, 9.17) is 0 Å². The van der Waals surface area contributed by atoms with Gasteiger partial charge < -0.3 is 0 Å². The molecule has 0 N–H and O–H groups in total. The summed E-state index contributed by atoms with van der Waals surface area (Å²) >= 11 is 3.64. The van der Waals surface area contributed by atoms with Crippen LogP contribution in [0.4, 0.5) is 0 Å². The van der Waals surface area contributed by atoms with Crippen LogP contribution in [0.5, 0.6) is 0 Å². The van der Waals surface area contributed by atoms with Crippen molar-refractivity contribution in [2.75, 3.05) is 0 Å². The van der Waals surface area contributed by atoms with Crippen molar-refractivity contribution in [2.24, 2.45) is 0 Å². The number of rotatable bonds is 0. The molecular weight excluding hydrogens is 223 g/mol. The Balaban J connectivity index is 3.12. The van der Waals surface area contributed by atoms with Crippen molar-refractivity contribution in [2.45, 2.75) is 6.92 Å². The molecule has 0 atom stereocenters. The first-order valence-corrected chi connectivity index (χ1v) is 3.60. The van der Waals surface area contributed by atoms with Crippen LogP contribution in [0.3, 0.4) is 0 Å². The molecule has 38 valence electrons.